The number of nitrogens with one attached hydrogen (secondary N) is 1. The predicted octanol–water partition coefficient (Wildman–Crippen LogP) is 4.96. The van der Waals surface area contributed by atoms with Crippen LogP contribution in [0.2, 0.25) is 5.02 Å². The molecule has 5 nitrogen and oxygen atoms in total. The minimum absolute atomic E-state index is 0.0217. The van der Waals surface area contributed by atoms with Crippen LogP contribution in [0.15, 0.2) is 18.2 Å². The largest absolute Gasteiger partial charge is 0.416 e. The molecule has 31 heavy (non-hydrogen) atoms. The van der Waals surface area contributed by atoms with Crippen LogP contribution in [0, 0.1) is 10.8 Å². The second-order valence-corrected chi connectivity index (χ2v) is 12.1. The fraction of sp³-hybridized carbons (Fsp3) is 0.667. The van der Waals surface area contributed by atoms with E-state index in [2.05, 4.69) is 26.1 Å². The molecule has 1 aliphatic heterocycles. The summed E-state index contributed by atoms with van der Waals surface area (Å²) in [5.74, 6) is -0.502. The van der Waals surface area contributed by atoms with Crippen molar-refractivity contribution >= 4 is 27.5 Å². The molecule has 0 atom stereocenters. The molecule has 0 aliphatic carbocycles. The van der Waals surface area contributed by atoms with Crippen LogP contribution in [0.5, 0.6) is 0 Å². The molecule has 2 rings (SSSR count). The Labute approximate surface area is 187 Å². The monoisotopic (exact) mass is 482 g/mol. The zero-order chi connectivity index (χ0) is 23.7. The second-order valence-electron chi connectivity index (χ2n) is 9.41. The van der Waals surface area contributed by atoms with Crippen LogP contribution in [0.25, 0.3) is 0 Å². The summed E-state index contributed by atoms with van der Waals surface area (Å²) in [6, 6.07) is 2.66. The lowest BCUT2D eigenvalue weighted by Crippen LogP contribution is -2.49. The highest BCUT2D eigenvalue weighted by atomic mass is 35.5. The first-order valence-electron chi connectivity index (χ1n) is 10.2. The van der Waals surface area contributed by atoms with Crippen molar-refractivity contribution in [1.82, 2.24) is 9.62 Å². The SMILES string of the molecule is CCS(=O)(=O)N1CCC(CNC(=O)c2ccc(C(F)(F)F)cc2Cl)(CC(C)(C)C)CC1. The molecule has 1 aliphatic rings. The van der Waals surface area contributed by atoms with Gasteiger partial charge in [0.1, 0.15) is 0 Å². The normalized spacial score (nSPS) is 18.1. The van der Waals surface area contributed by atoms with Gasteiger partial charge in [0.25, 0.3) is 5.91 Å². The van der Waals surface area contributed by atoms with Gasteiger partial charge in [-0.2, -0.15) is 13.2 Å². The van der Waals surface area contributed by atoms with Crippen LogP contribution in [-0.4, -0.2) is 44.0 Å². The summed E-state index contributed by atoms with van der Waals surface area (Å²) in [5, 5.41) is 2.56. The van der Waals surface area contributed by atoms with Crippen molar-refractivity contribution in [2.24, 2.45) is 10.8 Å². The van der Waals surface area contributed by atoms with E-state index in [1.54, 1.807) is 6.92 Å². The van der Waals surface area contributed by atoms with Gasteiger partial charge in [0, 0.05) is 19.6 Å². The zero-order valence-electron chi connectivity index (χ0n) is 18.3. The fourth-order valence-electron chi connectivity index (χ4n) is 4.20. The van der Waals surface area contributed by atoms with Gasteiger partial charge in [-0.25, -0.2) is 12.7 Å². The molecule has 1 saturated heterocycles. The van der Waals surface area contributed by atoms with Gasteiger partial charge in [0.2, 0.25) is 10.0 Å². The Kier molecular flexibility index (Phi) is 7.76. The predicted molar refractivity (Wildman–Crippen MR) is 116 cm³/mol. The number of carbonyl (C=O) groups excluding carboxylic acids is 1. The molecular formula is C21H30ClF3N2O3S. The number of hydrogen-bond acceptors (Lipinski definition) is 3. The fourth-order valence-corrected chi connectivity index (χ4v) is 5.57. The Bertz CT molecular complexity index is 903. The summed E-state index contributed by atoms with van der Waals surface area (Å²) in [6.45, 7) is 8.91. The highest BCUT2D eigenvalue weighted by Gasteiger charge is 2.40. The first kappa shape index (κ1) is 25.9. The number of benzene rings is 1. The van der Waals surface area contributed by atoms with E-state index in [0.29, 0.717) is 32.5 Å². The van der Waals surface area contributed by atoms with Crippen LogP contribution in [-0.2, 0) is 16.2 Å². The number of halogens is 4. The molecule has 10 heteroatoms. The lowest BCUT2D eigenvalue weighted by molar-refractivity contribution is -0.137. The smallest absolute Gasteiger partial charge is 0.351 e. The van der Waals surface area contributed by atoms with Crippen LogP contribution < -0.4 is 5.32 Å². The molecule has 0 unspecified atom stereocenters. The Morgan fingerprint density at radius 1 is 1.19 bits per heavy atom. The van der Waals surface area contributed by atoms with Crippen molar-refractivity contribution in [2.75, 3.05) is 25.4 Å². The van der Waals surface area contributed by atoms with Crippen molar-refractivity contribution in [2.45, 2.75) is 53.1 Å². The number of nitrogens with zero attached hydrogens (tertiary/aromatic N) is 1. The van der Waals surface area contributed by atoms with Gasteiger partial charge in [-0.3, -0.25) is 4.79 Å². The molecule has 0 bridgehead atoms. The van der Waals surface area contributed by atoms with Crippen molar-refractivity contribution in [1.29, 1.82) is 0 Å². The maximum absolute atomic E-state index is 12.8. The molecule has 176 valence electrons. The summed E-state index contributed by atoms with van der Waals surface area (Å²) in [7, 11) is -3.27. The minimum atomic E-state index is -4.54. The Morgan fingerprint density at radius 3 is 2.23 bits per heavy atom. The molecule has 0 saturated carbocycles. The average Bonchev–Trinajstić information content (AvgIpc) is 2.64. The highest BCUT2D eigenvalue weighted by Crippen LogP contribution is 2.42. The number of rotatable bonds is 6. The molecule has 1 aromatic carbocycles. The van der Waals surface area contributed by atoms with E-state index in [-0.39, 0.29) is 27.2 Å². The van der Waals surface area contributed by atoms with Crippen molar-refractivity contribution in [3.05, 3.63) is 34.3 Å². The Morgan fingerprint density at radius 2 is 1.77 bits per heavy atom. The lowest BCUT2D eigenvalue weighted by atomic mass is 9.68. The third-order valence-corrected chi connectivity index (χ3v) is 7.81. The first-order valence-corrected chi connectivity index (χ1v) is 12.2. The number of hydrogen-bond donors (Lipinski definition) is 1. The van der Waals surface area contributed by atoms with Crippen LogP contribution in [0.4, 0.5) is 13.2 Å². The second kappa shape index (κ2) is 9.27. The number of amides is 1. The van der Waals surface area contributed by atoms with Gasteiger partial charge in [-0.1, -0.05) is 32.4 Å². The first-order chi connectivity index (χ1) is 14.1. The maximum atomic E-state index is 12.8. The lowest BCUT2D eigenvalue weighted by Gasteiger charge is -2.44. The van der Waals surface area contributed by atoms with E-state index in [1.807, 2.05) is 0 Å². The summed E-state index contributed by atoms with van der Waals surface area (Å²) in [4.78, 5) is 12.7. The van der Waals surface area contributed by atoms with Gasteiger partial charge < -0.3 is 5.32 Å². The topological polar surface area (TPSA) is 66.5 Å². The van der Waals surface area contributed by atoms with Crippen molar-refractivity contribution in [3.8, 4) is 0 Å². The Hall–Kier alpha value is -1.32. The van der Waals surface area contributed by atoms with E-state index in [4.69, 9.17) is 11.6 Å². The maximum Gasteiger partial charge on any atom is 0.416 e. The number of alkyl halides is 3. The van der Waals surface area contributed by atoms with E-state index >= 15 is 0 Å². The molecule has 1 fully saturated rings. The average molecular weight is 483 g/mol. The molecular weight excluding hydrogens is 453 g/mol. The van der Waals surface area contributed by atoms with E-state index < -0.39 is 27.7 Å². The Balaban J connectivity index is 2.15. The summed E-state index contributed by atoms with van der Waals surface area (Å²) < 4.78 is 64.4. The van der Waals surface area contributed by atoms with Crippen LogP contribution in [0.1, 0.15) is 62.9 Å². The van der Waals surface area contributed by atoms with Crippen molar-refractivity contribution in [3.63, 3.8) is 0 Å². The molecule has 1 N–H and O–H groups in total. The van der Waals surface area contributed by atoms with Gasteiger partial charge in [0.15, 0.2) is 0 Å². The highest BCUT2D eigenvalue weighted by molar-refractivity contribution is 7.89. The molecule has 1 aromatic rings. The quantitative estimate of drug-likeness (QED) is 0.623. The van der Waals surface area contributed by atoms with Crippen molar-refractivity contribution < 1.29 is 26.4 Å². The number of sulfonamides is 1. The van der Waals surface area contributed by atoms with E-state index in [0.717, 1.165) is 24.6 Å². The van der Waals surface area contributed by atoms with Crippen LogP contribution >= 0.6 is 11.6 Å². The van der Waals surface area contributed by atoms with E-state index in [9.17, 15) is 26.4 Å². The molecule has 0 radical (unpaired) electrons. The number of piperidine rings is 1. The third kappa shape index (κ3) is 6.83. The number of carbonyl (C=O) groups is 1. The van der Waals surface area contributed by atoms with Crippen LogP contribution in [0.3, 0.4) is 0 Å². The van der Waals surface area contributed by atoms with Gasteiger partial charge in [0.05, 0.1) is 21.9 Å². The minimum Gasteiger partial charge on any atom is -0.351 e. The van der Waals surface area contributed by atoms with Gasteiger partial charge in [-0.05, 0) is 55.2 Å². The molecule has 0 spiro atoms. The van der Waals surface area contributed by atoms with Gasteiger partial charge in [-0.15, -0.1) is 0 Å². The summed E-state index contributed by atoms with van der Waals surface area (Å²) in [6.07, 6.45) is -2.60. The van der Waals surface area contributed by atoms with Gasteiger partial charge >= 0.3 is 6.18 Å². The standard InChI is InChI=1S/C21H30ClF3N2O3S/c1-5-31(29,30)27-10-8-20(9-11-27,13-19(2,3)4)14-26-18(28)16-7-6-15(12-17(16)22)21(23,24)25/h6-7,12H,5,8-11,13-14H2,1-4H3,(H,26,28). The van der Waals surface area contributed by atoms with E-state index in [1.165, 1.54) is 4.31 Å². The third-order valence-electron chi connectivity index (χ3n) is 5.61. The molecule has 1 amide bonds. The molecule has 1 heterocycles. The summed E-state index contributed by atoms with van der Waals surface area (Å²) >= 11 is 5.94. The zero-order valence-corrected chi connectivity index (χ0v) is 19.8. The summed E-state index contributed by atoms with van der Waals surface area (Å²) in [5.41, 5.74) is -1.30. The molecule has 0 aromatic heterocycles.